The van der Waals surface area contributed by atoms with Crippen LogP contribution in [0.2, 0.25) is 0 Å². The molecule has 3 aromatic rings. The van der Waals surface area contributed by atoms with E-state index in [0.717, 1.165) is 27.9 Å². The number of pyridine rings is 1. The molecule has 1 amide bonds. The van der Waals surface area contributed by atoms with Crippen LogP contribution in [0.25, 0.3) is 22.2 Å². The van der Waals surface area contributed by atoms with Crippen LogP contribution in [0.5, 0.6) is 0 Å². The lowest BCUT2D eigenvalue weighted by Gasteiger charge is -2.10. The zero-order valence-electron chi connectivity index (χ0n) is 14.0. The molecule has 0 fully saturated rings. The van der Waals surface area contributed by atoms with Crippen molar-refractivity contribution in [3.63, 3.8) is 0 Å². The summed E-state index contributed by atoms with van der Waals surface area (Å²) in [7, 11) is 3.50. The van der Waals surface area contributed by atoms with Crippen LogP contribution in [0, 0.1) is 6.92 Å². The van der Waals surface area contributed by atoms with E-state index in [1.807, 2.05) is 44.3 Å². The Balaban J connectivity index is 2.09. The molecule has 2 heterocycles. The molecule has 0 radical (unpaired) electrons. The number of para-hydroxylation sites is 1. The largest absolute Gasteiger partial charge is 0.383 e. The number of carbonyl (C=O) groups excluding carboxylic acids is 1. The Labute approximate surface area is 140 Å². The van der Waals surface area contributed by atoms with Gasteiger partial charge in [-0.05, 0) is 19.1 Å². The highest BCUT2D eigenvalue weighted by Gasteiger charge is 2.15. The lowest BCUT2D eigenvalue weighted by atomic mass is 10.0. The van der Waals surface area contributed by atoms with E-state index in [1.54, 1.807) is 18.0 Å². The molecule has 0 aliphatic rings. The van der Waals surface area contributed by atoms with Crippen molar-refractivity contribution in [2.45, 2.75) is 6.92 Å². The standard InChI is InChI=1S/C18H20N4O2/c1-12-15(11-20-22(12)2)17-10-14(18(23)19-8-9-24-3)13-6-4-5-7-16(13)21-17/h4-7,10-11H,8-9H2,1-3H3,(H,19,23). The van der Waals surface area contributed by atoms with Crippen molar-refractivity contribution in [3.05, 3.63) is 47.8 Å². The molecule has 0 unspecified atom stereocenters. The number of fused-ring (bicyclic) bond motifs is 1. The fraction of sp³-hybridized carbons (Fsp3) is 0.278. The molecular weight excluding hydrogens is 304 g/mol. The van der Waals surface area contributed by atoms with Crippen molar-refractivity contribution >= 4 is 16.8 Å². The van der Waals surface area contributed by atoms with Crippen molar-refractivity contribution in [3.8, 4) is 11.3 Å². The first-order valence-electron chi connectivity index (χ1n) is 7.77. The first-order chi connectivity index (χ1) is 11.6. The maximum absolute atomic E-state index is 12.6. The van der Waals surface area contributed by atoms with E-state index in [4.69, 9.17) is 9.72 Å². The van der Waals surface area contributed by atoms with E-state index in [0.29, 0.717) is 18.7 Å². The van der Waals surface area contributed by atoms with Crippen LogP contribution < -0.4 is 5.32 Å². The third kappa shape index (κ3) is 3.00. The van der Waals surface area contributed by atoms with Crippen molar-refractivity contribution < 1.29 is 9.53 Å². The second-order valence-electron chi connectivity index (χ2n) is 5.59. The van der Waals surface area contributed by atoms with Crippen LogP contribution in [0.3, 0.4) is 0 Å². The summed E-state index contributed by atoms with van der Waals surface area (Å²) in [5, 5.41) is 7.98. The number of hydrogen-bond donors (Lipinski definition) is 1. The van der Waals surface area contributed by atoms with Gasteiger partial charge in [-0.1, -0.05) is 18.2 Å². The highest BCUT2D eigenvalue weighted by atomic mass is 16.5. The molecule has 3 rings (SSSR count). The van der Waals surface area contributed by atoms with E-state index in [2.05, 4.69) is 10.4 Å². The number of nitrogens with one attached hydrogen (secondary N) is 1. The van der Waals surface area contributed by atoms with Crippen LogP contribution in [0.1, 0.15) is 16.1 Å². The van der Waals surface area contributed by atoms with Gasteiger partial charge in [-0.15, -0.1) is 0 Å². The van der Waals surface area contributed by atoms with Gasteiger partial charge < -0.3 is 10.1 Å². The number of rotatable bonds is 5. The number of aromatic nitrogens is 3. The molecule has 6 nitrogen and oxygen atoms in total. The molecular formula is C18H20N4O2. The predicted molar refractivity (Wildman–Crippen MR) is 92.9 cm³/mol. The summed E-state index contributed by atoms with van der Waals surface area (Å²) in [6.45, 7) is 2.92. The molecule has 0 bridgehead atoms. The summed E-state index contributed by atoms with van der Waals surface area (Å²) >= 11 is 0. The molecule has 1 N–H and O–H groups in total. The minimum absolute atomic E-state index is 0.131. The molecule has 2 aromatic heterocycles. The Morgan fingerprint density at radius 2 is 2.12 bits per heavy atom. The van der Waals surface area contributed by atoms with Crippen LogP contribution in [0.15, 0.2) is 36.5 Å². The first-order valence-corrected chi connectivity index (χ1v) is 7.77. The molecule has 0 aliphatic heterocycles. The molecule has 24 heavy (non-hydrogen) atoms. The Kier molecular flexibility index (Phi) is 4.57. The third-order valence-electron chi connectivity index (χ3n) is 4.06. The fourth-order valence-electron chi connectivity index (χ4n) is 2.61. The number of methoxy groups -OCH3 is 1. The number of carbonyl (C=O) groups is 1. The average molecular weight is 324 g/mol. The van der Waals surface area contributed by atoms with Gasteiger partial charge in [0.25, 0.3) is 5.91 Å². The number of aryl methyl sites for hydroxylation is 1. The van der Waals surface area contributed by atoms with Gasteiger partial charge in [-0.25, -0.2) is 4.98 Å². The summed E-state index contributed by atoms with van der Waals surface area (Å²) < 4.78 is 6.79. The summed E-state index contributed by atoms with van der Waals surface area (Å²) in [5.41, 5.74) is 4.07. The zero-order valence-corrected chi connectivity index (χ0v) is 14.0. The van der Waals surface area contributed by atoms with E-state index in [-0.39, 0.29) is 5.91 Å². The van der Waals surface area contributed by atoms with Gasteiger partial charge in [0.15, 0.2) is 0 Å². The highest BCUT2D eigenvalue weighted by molar-refractivity contribution is 6.07. The SMILES string of the molecule is COCCNC(=O)c1cc(-c2cnn(C)c2C)nc2ccccc12. The molecule has 6 heteroatoms. The van der Waals surface area contributed by atoms with Gasteiger partial charge in [0.05, 0.1) is 29.6 Å². The van der Waals surface area contributed by atoms with Crippen LogP contribution in [0.4, 0.5) is 0 Å². The van der Waals surface area contributed by atoms with Gasteiger partial charge >= 0.3 is 0 Å². The summed E-state index contributed by atoms with van der Waals surface area (Å²) in [6, 6.07) is 9.48. The van der Waals surface area contributed by atoms with Crippen molar-refractivity contribution in [1.82, 2.24) is 20.1 Å². The molecule has 0 atom stereocenters. The average Bonchev–Trinajstić information content (AvgIpc) is 2.93. The Bertz CT molecular complexity index is 886. The minimum atomic E-state index is -0.131. The lowest BCUT2D eigenvalue weighted by Crippen LogP contribution is -2.27. The van der Waals surface area contributed by atoms with E-state index in [1.165, 1.54) is 0 Å². The minimum Gasteiger partial charge on any atom is -0.383 e. The fourth-order valence-corrected chi connectivity index (χ4v) is 2.61. The molecule has 124 valence electrons. The van der Waals surface area contributed by atoms with Crippen LogP contribution in [-0.2, 0) is 11.8 Å². The summed E-state index contributed by atoms with van der Waals surface area (Å²) in [5.74, 6) is -0.131. The number of benzene rings is 1. The van der Waals surface area contributed by atoms with Crippen molar-refractivity contribution in [1.29, 1.82) is 0 Å². The van der Waals surface area contributed by atoms with E-state index in [9.17, 15) is 4.79 Å². The second-order valence-corrected chi connectivity index (χ2v) is 5.59. The van der Waals surface area contributed by atoms with Gasteiger partial charge in [0, 0.05) is 37.3 Å². The Morgan fingerprint density at radius 1 is 1.33 bits per heavy atom. The van der Waals surface area contributed by atoms with Gasteiger partial charge in [-0.3, -0.25) is 9.48 Å². The topological polar surface area (TPSA) is 69.0 Å². The van der Waals surface area contributed by atoms with Gasteiger partial charge in [0.1, 0.15) is 0 Å². The Morgan fingerprint density at radius 3 is 2.83 bits per heavy atom. The van der Waals surface area contributed by atoms with Gasteiger partial charge in [0.2, 0.25) is 0 Å². The maximum Gasteiger partial charge on any atom is 0.252 e. The number of ether oxygens (including phenoxy) is 1. The lowest BCUT2D eigenvalue weighted by molar-refractivity contribution is 0.0938. The van der Waals surface area contributed by atoms with Crippen LogP contribution in [-0.4, -0.2) is 40.9 Å². The van der Waals surface area contributed by atoms with Crippen molar-refractivity contribution in [2.75, 3.05) is 20.3 Å². The van der Waals surface area contributed by atoms with Crippen molar-refractivity contribution in [2.24, 2.45) is 7.05 Å². The zero-order chi connectivity index (χ0) is 17.1. The molecule has 0 saturated heterocycles. The van der Waals surface area contributed by atoms with Crippen LogP contribution >= 0.6 is 0 Å². The molecule has 0 spiro atoms. The second kappa shape index (κ2) is 6.80. The molecule has 0 saturated carbocycles. The number of hydrogen-bond acceptors (Lipinski definition) is 4. The first kappa shape index (κ1) is 16.1. The van der Waals surface area contributed by atoms with Gasteiger partial charge in [-0.2, -0.15) is 5.10 Å². The number of nitrogens with zero attached hydrogens (tertiary/aromatic N) is 3. The van der Waals surface area contributed by atoms with E-state index >= 15 is 0 Å². The summed E-state index contributed by atoms with van der Waals surface area (Å²) in [6.07, 6.45) is 1.78. The predicted octanol–water partition coefficient (Wildman–Crippen LogP) is 2.32. The highest BCUT2D eigenvalue weighted by Crippen LogP contribution is 2.26. The molecule has 0 aliphatic carbocycles. The smallest absolute Gasteiger partial charge is 0.252 e. The summed E-state index contributed by atoms with van der Waals surface area (Å²) in [4.78, 5) is 17.3. The Hall–Kier alpha value is -2.73. The maximum atomic E-state index is 12.6. The van der Waals surface area contributed by atoms with E-state index < -0.39 is 0 Å². The third-order valence-corrected chi connectivity index (χ3v) is 4.06. The number of amides is 1. The normalized spacial score (nSPS) is 11.0. The molecule has 1 aromatic carbocycles. The monoisotopic (exact) mass is 324 g/mol. The quantitative estimate of drug-likeness (QED) is 0.731.